The summed E-state index contributed by atoms with van der Waals surface area (Å²) in [4.78, 5) is 2.51. The molecule has 1 aliphatic heterocycles. The Morgan fingerprint density at radius 2 is 2.04 bits per heavy atom. The molecule has 3 rings (SSSR count). The summed E-state index contributed by atoms with van der Waals surface area (Å²) in [5, 5.41) is 3.75. The van der Waals surface area contributed by atoms with E-state index in [-0.39, 0.29) is 10.9 Å². The summed E-state index contributed by atoms with van der Waals surface area (Å²) >= 11 is 0. The smallest absolute Gasteiger partial charge is 0.246 e. The summed E-state index contributed by atoms with van der Waals surface area (Å²) in [6, 6.07) is 10.3. The maximum atomic E-state index is 12.7. The highest BCUT2D eigenvalue weighted by Crippen LogP contribution is 2.20. The predicted molar refractivity (Wildman–Crippen MR) is 95.9 cm³/mol. The third-order valence-corrected chi connectivity index (χ3v) is 6.39. The molecule has 2 aromatic rings. The second kappa shape index (κ2) is 7.68. The van der Waals surface area contributed by atoms with Crippen LogP contribution < -0.4 is 4.72 Å². The summed E-state index contributed by atoms with van der Waals surface area (Å²) in [5.41, 5.74) is 1.71. The molecule has 1 aromatic heterocycles. The first-order valence-corrected chi connectivity index (χ1v) is 10.2. The third kappa shape index (κ3) is 4.48. The van der Waals surface area contributed by atoms with E-state index in [1.54, 1.807) is 13.8 Å². The van der Waals surface area contributed by atoms with E-state index in [0.29, 0.717) is 11.5 Å². The molecule has 7 heteroatoms. The van der Waals surface area contributed by atoms with Gasteiger partial charge in [0.2, 0.25) is 10.0 Å². The number of likely N-dealkylation sites (tertiary alicyclic amines) is 1. The second-order valence-electron chi connectivity index (χ2n) is 6.65. The molecular weight excluding hydrogens is 338 g/mol. The molecule has 1 fully saturated rings. The summed E-state index contributed by atoms with van der Waals surface area (Å²) in [6.45, 7) is 5.96. The number of piperidine rings is 1. The zero-order chi connectivity index (χ0) is 17.9. The largest absolute Gasteiger partial charge is 0.360 e. The van der Waals surface area contributed by atoms with Gasteiger partial charge in [-0.3, -0.25) is 0 Å². The fourth-order valence-electron chi connectivity index (χ4n) is 3.42. The fraction of sp³-hybridized carbons (Fsp3) is 0.500. The van der Waals surface area contributed by atoms with Crippen LogP contribution in [-0.4, -0.2) is 44.2 Å². The Bertz CT molecular complexity index is 783. The number of nitrogens with zero attached hydrogens (tertiary/aromatic N) is 2. The number of hydrogen-bond donors (Lipinski definition) is 1. The van der Waals surface area contributed by atoms with Gasteiger partial charge < -0.3 is 9.42 Å². The molecule has 25 heavy (non-hydrogen) atoms. The van der Waals surface area contributed by atoms with Crippen LogP contribution >= 0.6 is 0 Å². The summed E-state index contributed by atoms with van der Waals surface area (Å²) in [7, 11) is -3.60. The minimum atomic E-state index is -3.60. The Balaban J connectivity index is 1.60. The average Bonchev–Trinajstić information content (AvgIpc) is 2.93. The third-order valence-electron chi connectivity index (χ3n) is 4.62. The van der Waals surface area contributed by atoms with Crippen molar-refractivity contribution in [1.29, 1.82) is 0 Å². The topological polar surface area (TPSA) is 75.4 Å². The molecule has 1 atom stereocenters. The molecule has 0 spiro atoms. The van der Waals surface area contributed by atoms with Crippen molar-refractivity contribution in [3.8, 4) is 0 Å². The SMILES string of the molecule is Cc1noc(C)c1S(=O)(=O)N[C@@H]1CCCN(CCc2ccccc2)C1. The van der Waals surface area contributed by atoms with Crippen molar-refractivity contribution >= 4 is 10.0 Å². The minimum absolute atomic E-state index is 0.0803. The van der Waals surface area contributed by atoms with Crippen LogP contribution in [0, 0.1) is 13.8 Å². The van der Waals surface area contributed by atoms with Crippen molar-refractivity contribution in [2.24, 2.45) is 0 Å². The zero-order valence-electron chi connectivity index (χ0n) is 14.7. The monoisotopic (exact) mass is 363 g/mol. The molecule has 0 bridgehead atoms. The number of aromatic nitrogens is 1. The first-order valence-electron chi connectivity index (χ1n) is 8.67. The van der Waals surface area contributed by atoms with E-state index in [4.69, 9.17) is 4.52 Å². The Morgan fingerprint density at radius 3 is 2.72 bits per heavy atom. The molecule has 1 aromatic carbocycles. The van der Waals surface area contributed by atoms with E-state index in [0.717, 1.165) is 38.9 Å². The number of rotatable bonds is 6. The number of sulfonamides is 1. The molecule has 136 valence electrons. The summed E-state index contributed by atoms with van der Waals surface area (Å²) in [6.07, 6.45) is 2.82. The van der Waals surface area contributed by atoms with Gasteiger partial charge in [0.1, 0.15) is 10.6 Å². The molecule has 0 radical (unpaired) electrons. The van der Waals surface area contributed by atoms with E-state index in [9.17, 15) is 8.42 Å². The van der Waals surface area contributed by atoms with Gasteiger partial charge in [-0.1, -0.05) is 35.5 Å². The molecule has 0 unspecified atom stereocenters. The van der Waals surface area contributed by atoms with Crippen LogP contribution in [-0.2, 0) is 16.4 Å². The molecular formula is C18H25N3O3S. The number of benzene rings is 1. The molecule has 1 saturated heterocycles. The lowest BCUT2D eigenvalue weighted by Gasteiger charge is -2.33. The van der Waals surface area contributed by atoms with Crippen LogP contribution in [0.3, 0.4) is 0 Å². The van der Waals surface area contributed by atoms with Gasteiger partial charge in [-0.15, -0.1) is 0 Å². The van der Waals surface area contributed by atoms with Gasteiger partial charge in [0, 0.05) is 19.1 Å². The van der Waals surface area contributed by atoms with Crippen molar-refractivity contribution in [3.05, 3.63) is 47.3 Å². The maximum absolute atomic E-state index is 12.7. The van der Waals surface area contributed by atoms with Gasteiger partial charge in [0.15, 0.2) is 5.76 Å². The van der Waals surface area contributed by atoms with Gasteiger partial charge in [0.05, 0.1) is 0 Å². The van der Waals surface area contributed by atoms with Crippen LogP contribution in [0.5, 0.6) is 0 Å². The first kappa shape index (κ1) is 18.1. The molecule has 1 N–H and O–H groups in total. The summed E-state index contributed by atoms with van der Waals surface area (Å²) < 4.78 is 33.2. The Hall–Kier alpha value is -1.70. The van der Waals surface area contributed by atoms with Gasteiger partial charge in [-0.25, -0.2) is 13.1 Å². The molecule has 0 amide bonds. The van der Waals surface area contributed by atoms with Crippen molar-refractivity contribution in [2.45, 2.75) is 44.0 Å². The lowest BCUT2D eigenvalue weighted by Crippen LogP contribution is -2.48. The van der Waals surface area contributed by atoms with Crippen LogP contribution in [0.25, 0.3) is 0 Å². The van der Waals surface area contributed by atoms with Gasteiger partial charge in [0.25, 0.3) is 0 Å². The number of hydrogen-bond acceptors (Lipinski definition) is 5. The lowest BCUT2D eigenvalue weighted by molar-refractivity contribution is 0.204. The van der Waals surface area contributed by atoms with Crippen LogP contribution in [0.4, 0.5) is 0 Å². The van der Waals surface area contributed by atoms with Gasteiger partial charge in [-0.05, 0) is 45.2 Å². The molecule has 0 aliphatic carbocycles. The molecule has 0 saturated carbocycles. The van der Waals surface area contributed by atoms with Crippen molar-refractivity contribution < 1.29 is 12.9 Å². The van der Waals surface area contributed by atoms with E-state index >= 15 is 0 Å². The van der Waals surface area contributed by atoms with Crippen LogP contribution in [0.2, 0.25) is 0 Å². The number of nitrogens with one attached hydrogen (secondary N) is 1. The Kier molecular flexibility index (Phi) is 5.56. The van der Waals surface area contributed by atoms with Crippen LogP contribution in [0.15, 0.2) is 39.8 Å². The summed E-state index contributed by atoms with van der Waals surface area (Å²) in [5.74, 6) is 0.335. The van der Waals surface area contributed by atoms with E-state index in [1.807, 2.05) is 18.2 Å². The predicted octanol–water partition coefficient (Wildman–Crippen LogP) is 2.28. The number of aryl methyl sites for hydroxylation is 2. The van der Waals surface area contributed by atoms with Gasteiger partial charge in [-0.2, -0.15) is 0 Å². The Morgan fingerprint density at radius 1 is 1.28 bits per heavy atom. The van der Waals surface area contributed by atoms with Gasteiger partial charge >= 0.3 is 0 Å². The van der Waals surface area contributed by atoms with Crippen molar-refractivity contribution in [2.75, 3.05) is 19.6 Å². The highest BCUT2D eigenvalue weighted by atomic mass is 32.2. The molecule has 1 aliphatic rings. The van der Waals surface area contributed by atoms with E-state index in [2.05, 4.69) is 26.9 Å². The second-order valence-corrected chi connectivity index (χ2v) is 8.30. The highest BCUT2D eigenvalue weighted by Gasteiger charge is 2.29. The maximum Gasteiger partial charge on any atom is 0.246 e. The average molecular weight is 363 g/mol. The molecule has 6 nitrogen and oxygen atoms in total. The van der Waals surface area contributed by atoms with Crippen molar-refractivity contribution in [1.82, 2.24) is 14.8 Å². The van der Waals surface area contributed by atoms with E-state index in [1.165, 1.54) is 5.56 Å². The zero-order valence-corrected chi connectivity index (χ0v) is 15.6. The van der Waals surface area contributed by atoms with Crippen LogP contribution in [0.1, 0.15) is 29.9 Å². The first-order chi connectivity index (χ1) is 12.0. The normalized spacial score (nSPS) is 19.2. The lowest BCUT2D eigenvalue weighted by atomic mass is 10.1. The minimum Gasteiger partial charge on any atom is -0.360 e. The van der Waals surface area contributed by atoms with Crippen molar-refractivity contribution in [3.63, 3.8) is 0 Å². The highest BCUT2D eigenvalue weighted by molar-refractivity contribution is 7.89. The quantitative estimate of drug-likeness (QED) is 0.852. The molecule has 2 heterocycles. The Labute approximate surface area is 149 Å². The standard InChI is InChI=1S/C18H25N3O3S/c1-14-18(15(2)24-19-14)25(22,23)20-17-9-6-11-21(13-17)12-10-16-7-4-3-5-8-16/h3-5,7-8,17,20H,6,9-13H2,1-2H3/t17-/m1/s1. The fourth-order valence-corrected chi connectivity index (χ4v) is 5.01. The van der Waals surface area contributed by atoms with E-state index < -0.39 is 10.0 Å².